The van der Waals surface area contributed by atoms with E-state index in [9.17, 15) is 9.59 Å². The summed E-state index contributed by atoms with van der Waals surface area (Å²) in [6, 6.07) is 20.8. The molecule has 3 aromatic rings. The Hall–Kier alpha value is -3.18. The second-order valence-electron chi connectivity index (χ2n) is 10.1. The Balaban J connectivity index is 1.81. The van der Waals surface area contributed by atoms with Crippen molar-refractivity contribution in [2.45, 2.75) is 64.0 Å². The van der Waals surface area contributed by atoms with Crippen LogP contribution in [0.4, 0.5) is 0 Å². The lowest BCUT2D eigenvalue weighted by atomic mass is 10.1. The standard InChI is InChI=1S/C28H32N2O4Si/c1-6-13-23-24(18-25(33-23)30-19-20(2)26(31)29-27(30)32)34-35(28(3,4)5,21-14-9-7-10-15-21)22-16-11-8-12-17-22/h1,7-12,14-17,19,23-25H,13,18H2,2-5H3,(H,29,31,32)/t23-,24+,25-/m1/s1. The van der Waals surface area contributed by atoms with Gasteiger partial charge in [-0.05, 0) is 22.3 Å². The maximum atomic E-state index is 12.6. The molecule has 1 aromatic heterocycles. The van der Waals surface area contributed by atoms with Crippen LogP contribution in [-0.4, -0.2) is 30.1 Å². The van der Waals surface area contributed by atoms with Crippen LogP contribution in [-0.2, 0) is 9.16 Å². The second-order valence-corrected chi connectivity index (χ2v) is 14.3. The molecule has 1 aliphatic heterocycles. The van der Waals surface area contributed by atoms with E-state index in [2.05, 4.69) is 55.9 Å². The highest BCUT2D eigenvalue weighted by molar-refractivity contribution is 6.99. The van der Waals surface area contributed by atoms with Crippen LogP contribution >= 0.6 is 0 Å². The third-order valence-electron chi connectivity index (χ3n) is 6.70. The van der Waals surface area contributed by atoms with Crippen LogP contribution in [0.25, 0.3) is 0 Å². The summed E-state index contributed by atoms with van der Waals surface area (Å²) in [5.74, 6) is 2.72. The van der Waals surface area contributed by atoms with Crippen molar-refractivity contribution in [2.24, 2.45) is 0 Å². The molecule has 2 heterocycles. The van der Waals surface area contributed by atoms with E-state index in [0.29, 0.717) is 18.4 Å². The van der Waals surface area contributed by atoms with Gasteiger partial charge in [-0.25, -0.2) is 4.79 Å². The van der Waals surface area contributed by atoms with E-state index in [1.807, 2.05) is 36.4 Å². The first kappa shape index (κ1) is 24.9. The molecule has 7 heteroatoms. The van der Waals surface area contributed by atoms with Crippen LogP contribution in [0.1, 0.15) is 45.4 Å². The number of ether oxygens (including phenoxy) is 1. The fourth-order valence-electron chi connectivity index (χ4n) is 5.01. The Kier molecular flexibility index (Phi) is 6.99. The highest BCUT2D eigenvalue weighted by Crippen LogP contribution is 2.41. The van der Waals surface area contributed by atoms with Gasteiger partial charge in [0.05, 0.1) is 12.2 Å². The summed E-state index contributed by atoms with van der Waals surface area (Å²) in [6.07, 6.45) is 6.76. The molecule has 0 spiro atoms. The molecular formula is C28H32N2O4Si. The van der Waals surface area contributed by atoms with Crippen molar-refractivity contribution in [3.05, 3.63) is 93.3 Å². The lowest BCUT2D eigenvalue weighted by molar-refractivity contribution is -0.0149. The molecule has 1 aliphatic rings. The van der Waals surface area contributed by atoms with Gasteiger partial charge < -0.3 is 9.16 Å². The van der Waals surface area contributed by atoms with Gasteiger partial charge in [0.25, 0.3) is 13.9 Å². The van der Waals surface area contributed by atoms with Crippen LogP contribution < -0.4 is 21.6 Å². The van der Waals surface area contributed by atoms with Crippen molar-refractivity contribution in [1.82, 2.24) is 9.55 Å². The summed E-state index contributed by atoms with van der Waals surface area (Å²) < 4.78 is 15.0. The monoisotopic (exact) mass is 488 g/mol. The predicted molar refractivity (Wildman–Crippen MR) is 141 cm³/mol. The minimum absolute atomic E-state index is 0.208. The van der Waals surface area contributed by atoms with E-state index >= 15 is 0 Å². The number of aromatic nitrogens is 2. The first-order chi connectivity index (χ1) is 16.7. The molecule has 0 aliphatic carbocycles. The highest BCUT2D eigenvalue weighted by Gasteiger charge is 2.53. The number of H-pyrrole nitrogens is 1. The summed E-state index contributed by atoms with van der Waals surface area (Å²) in [7, 11) is -2.84. The van der Waals surface area contributed by atoms with Gasteiger partial charge >= 0.3 is 5.69 Å². The lowest BCUT2D eigenvalue weighted by Crippen LogP contribution is -2.68. The summed E-state index contributed by atoms with van der Waals surface area (Å²) in [6.45, 7) is 8.33. The third-order valence-corrected chi connectivity index (χ3v) is 11.8. The third kappa shape index (κ3) is 4.70. The van der Waals surface area contributed by atoms with Crippen molar-refractivity contribution in [3.8, 4) is 12.3 Å². The number of terminal acetylenes is 1. The van der Waals surface area contributed by atoms with Gasteiger partial charge in [-0.1, -0.05) is 81.4 Å². The number of aromatic amines is 1. The SMILES string of the molecule is C#CC[C@H]1O[C@@H](n2cc(C)c(=O)[nH]c2=O)C[C@@H]1O[Si](c1ccccc1)(c1ccccc1)C(C)(C)C. The van der Waals surface area contributed by atoms with E-state index in [1.54, 1.807) is 13.1 Å². The molecule has 1 saturated heterocycles. The molecule has 182 valence electrons. The van der Waals surface area contributed by atoms with Gasteiger partial charge in [0, 0.05) is 24.6 Å². The van der Waals surface area contributed by atoms with Gasteiger partial charge in [0.1, 0.15) is 6.23 Å². The quantitative estimate of drug-likeness (QED) is 0.428. The van der Waals surface area contributed by atoms with Gasteiger partial charge in [0.15, 0.2) is 0 Å². The van der Waals surface area contributed by atoms with Gasteiger partial charge in [-0.3, -0.25) is 14.3 Å². The van der Waals surface area contributed by atoms with Gasteiger partial charge in [-0.2, -0.15) is 0 Å². The topological polar surface area (TPSA) is 73.3 Å². The number of hydrogen-bond donors (Lipinski definition) is 1. The zero-order valence-corrected chi connectivity index (χ0v) is 21.7. The largest absolute Gasteiger partial charge is 0.402 e. The number of rotatable bonds is 6. The van der Waals surface area contributed by atoms with E-state index in [1.165, 1.54) is 14.9 Å². The second kappa shape index (κ2) is 9.82. The molecule has 1 fully saturated rings. The van der Waals surface area contributed by atoms with Gasteiger partial charge in [0.2, 0.25) is 0 Å². The average Bonchev–Trinajstić information content (AvgIpc) is 3.22. The zero-order valence-electron chi connectivity index (χ0n) is 20.7. The maximum absolute atomic E-state index is 12.6. The summed E-state index contributed by atoms with van der Waals surface area (Å²) >= 11 is 0. The van der Waals surface area contributed by atoms with Crippen LogP contribution in [0.5, 0.6) is 0 Å². The van der Waals surface area contributed by atoms with E-state index in [-0.39, 0.29) is 17.2 Å². The minimum atomic E-state index is -2.84. The van der Waals surface area contributed by atoms with Crippen molar-refractivity contribution in [2.75, 3.05) is 0 Å². The Morgan fingerprint density at radius 2 is 1.66 bits per heavy atom. The zero-order chi connectivity index (χ0) is 25.2. The number of aryl methyl sites for hydroxylation is 1. The van der Waals surface area contributed by atoms with Crippen molar-refractivity contribution >= 4 is 18.7 Å². The van der Waals surface area contributed by atoms with Crippen LogP contribution in [0.2, 0.25) is 5.04 Å². The van der Waals surface area contributed by atoms with Crippen LogP contribution in [0.15, 0.2) is 76.4 Å². The minimum Gasteiger partial charge on any atom is -0.402 e. The van der Waals surface area contributed by atoms with E-state index in [0.717, 1.165) is 0 Å². The molecule has 2 aromatic carbocycles. The Labute approximate surface area is 207 Å². The summed E-state index contributed by atoms with van der Waals surface area (Å²) in [5.41, 5.74) is -0.459. The first-order valence-corrected chi connectivity index (χ1v) is 13.8. The Morgan fingerprint density at radius 1 is 1.09 bits per heavy atom. The molecule has 0 unspecified atom stereocenters. The fraction of sp³-hybridized carbons (Fsp3) is 0.357. The van der Waals surface area contributed by atoms with Crippen molar-refractivity contribution in [3.63, 3.8) is 0 Å². The molecule has 0 radical (unpaired) electrons. The van der Waals surface area contributed by atoms with Crippen molar-refractivity contribution < 1.29 is 9.16 Å². The molecule has 3 atom stereocenters. The molecule has 1 N–H and O–H groups in total. The average molecular weight is 489 g/mol. The molecule has 0 bridgehead atoms. The van der Waals surface area contributed by atoms with Crippen LogP contribution in [0, 0.1) is 19.3 Å². The molecule has 35 heavy (non-hydrogen) atoms. The van der Waals surface area contributed by atoms with Gasteiger partial charge in [-0.15, -0.1) is 12.3 Å². The fourth-order valence-corrected chi connectivity index (χ4v) is 9.73. The number of benzene rings is 2. The summed E-state index contributed by atoms with van der Waals surface area (Å²) in [5, 5.41) is 2.12. The maximum Gasteiger partial charge on any atom is 0.330 e. The predicted octanol–water partition coefficient (Wildman–Crippen LogP) is 3.10. The number of nitrogens with one attached hydrogen (secondary N) is 1. The number of hydrogen-bond acceptors (Lipinski definition) is 4. The Bertz CT molecular complexity index is 1280. The molecule has 6 nitrogen and oxygen atoms in total. The highest BCUT2D eigenvalue weighted by atomic mass is 28.4. The molecular weight excluding hydrogens is 456 g/mol. The first-order valence-electron chi connectivity index (χ1n) is 11.9. The van der Waals surface area contributed by atoms with E-state index < -0.39 is 25.8 Å². The molecule has 0 saturated carbocycles. The Morgan fingerprint density at radius 3 is 2.17 bits per heavy atom. The normalized spacial score (nSPS) is 20.5. The summed E-state index contributed by atoms with van der Waals surface area (Å²) in [4.78, 5) is 26.9. The smallest absolute Gasteiger partial charge is 0.330 e. The van der Waals surface area contributed by atoms with Crippen LogP contribution in [0.3, 0.4) is 0 Å². The lowest BCUT2D eigenvalue weighted by Gasteiger charge is -2.45. The van der Waals surface area contributed by atoms with Crippen molar-refractivity contribution in [1.29, 1.82) is 0 Å². The molecule has 4 rings (SSSR count). The van der Waals surface area contributed by atoms with E-state index in [4.69, 9.17) is 15.6 Å². The molecule has 0 amide bonds. The number of nitrogens with zero attached hydrogens (tertiary/aromatic N) is 1.